The Morgan fingerprint density at radius 3 is 2.48 bits per heavy atom. The van der Waals surface area contributed by atoms with Gasteiger partial charge in [-0.3, -0.25) is 4.72 Å². The highest BCUT2D eigenvalue weighted by molar-refractivity contribution is 7.92. The molecule has 0 atom stereocenters. The van der Waals surface area contributed by atoms with Gasteiger partial charge in [0.25, 0.3) is 10.0 Å². The molecule has 3 aromatic rings. The average molecular weight is 332 g/mol. The summed E-state index contributed by atoms with van der Waals surface area (Å²) in [6.07, 6.45) is 0. The fourth-order valence-corrected chi connectivity index (χ4v) is 3.24. The van der Waals surface area contributed by atoms with Crippen LogP contribution in [0.5, 0.6) is 0 Å². The third-order valence-corrected chi connectivity index (χ3v) is 4.55. The second kappa shape index (κ2) is 5.29. The van der Waals surface area contributed by atoms with Gasteiger partial charge in [-0.2, -0.15) is 0 Å². The normalized spacial score (nSPS) is 11.5. The highest BCUT2D eigenvalue weighted by Gasteiger charge is 2.17. The average Bonchev–Trinajstić information content (AvgIpc) is 2.86. The number of aromatic carboxylic acids is 1. The minimum Gasteiger partial charge on any atom is -0.545 e. The van der Waals surface area contributed by atoms with Crippen LogP contribution in [0.3, 0.4) is 0 Å². The molecule has 2 aromatic carbocycles. The molecular weight excluding hydrogens is 322 g/mol. The largest absolute Gasteiger partial charge is 0.545 e. The van der Waals surface area contributed by atoms with Gasteiger partial charge in [-0.1, -0.05) is 18.2 Å². The Hall–Kier alpha value is -3.07. The van der Waals surface area contributed by atoms with E-state index in [1.54, 1.807) is 0 Å². The van der Waals surface area contributed by atoms with E-state index in [1.165, 1.54) is 42.5 Å². The molecule has 3 N–H and O–H groups in total. The zero-order valence-electron chi connectivity index (χ0n) is 11.5. The smallest absolute Gasteiger partial charge is 0.323 e. The summed E-state index contributed by atoms with van der Waals surface area (Å²) in [7, 11) is -4.03. The number of para-hydroxylation sites is 1. The highest BCUT2D eigenvalue weighted by Crippen LogP contribution is 2.21. The van der Waals surface area contributed by atoms with E-state index in [1.807, 2.05) is 0 Å². The van der Waals surface area contributed by atoms with Crippen molar-refractivity contribution in [2.24, 2.45) is 0 Å². The summed E-state index contributed by atoms with van der Waals surface area (Å²) in [6, 6.07) is 9.52. The molecule has 0 amide bonds. The highest BCUT2D eigenvalue weighted by atomic mass is 32.2. The maximum atomic E-state index is 12.4. The van der Waals surface area contributed by atoms with Crippen molar-refractivity contribution in [1.29, 1.82) is 0 Å². The van der Waals surface area contributed by atoms with Gasteiger partial charge in [-0.25, -0.2) is 13.2 Å². The van der Waals surface area contributed by atoms with Gasteiger partial charge in [0.2, 0.25) is 0 Å². The second-order valence-corrected chi connectivity index (χ2v) is 6.41. The lowest BCUT2D eigenvalue weighted by Crippen LogP contribution is -2.24. The summed E-state index contributed by atoms with van der Waals surface area (Å²) in [5.74, 6) is -1.49. The van der Waals surface area contributed by atoms with Crippen LogP contribution in [0.1, 0.15) is 10.4 Å². The van der Waals surface area contributed by atoms with Crippen molar-refractivity contribution in [3.8, 4) is 0 Å². The van der Waals surface area contributed by atoms with Gasteiger partial charge >= 0.3 is 5.69 Å². The number of carboxylic acids is 1. The number of hydrogen-bond donors (Lipinski definition) is 3. The molecule has 0 saturated carbocycles. The van der Waals surface area contributed by atoms with Crippen molar-refractivity contribution in [2.75, 3.05) is 4.72 Å². The van der Waals surface area contributed by atoms with Gasteiger partial charge in [0, 0.05) is 5.56 Å². The predicted octanol–water partition coefficient (Wildman–Crippen LogP) is 0.0205. The Labute approximate surface area is 129 Å². The van der Waals surface area contributed by atoms with Crippen molar-refractivity contribution in [2.45, 2.75) is 4.90 Å². The number of aromatic nitrogens is 2. The number of anilines is 1. The third kappa shape index (κ3) is 2.81. The summed E-state index contributed by atoms with van der Waals surface area (Å²) in [6.45, 7) is 0. The van der Waals surface area contributed by atoms with E-state index in [4.69, 9.17) is 0 Å². The van der Waals surface area contributed by atoms with Crippen molar-refractivity contribution in [3.63, 3.8) is 0 Å². The zero-order valence-corrected chi connectivity index (χ0v) is 12.3. The monoisotopic (exact) mass is 332 g/mol. The standard InChI is InChI=1S/C14H11N3O5S/c18-13(19)9-3-1-2-4-10(9)17-23(21,22)8-5-6-11-12(7-8)16-14(20)15-11/h1-7,17H,(H,18,19)(H2,15,16,20)/p-1. The van der Waals surface area contributed by atoms with E-state index in [2.05, 4.69) is 14.7 Å². The van der Waals surface area contributed by atoms with Crippen molar-refractivity contribution in [1.82, 2.24) is 9.97 Å². The first-order chi connectivity index (χ1) is 10.9. The molecule has 0 fully saturated rings. The van der Waals surface area contributed by atoms with Crippen molar-refractivity contribution >= 4 is 32.7 Å². The number of nitrogens with one attached hydrogen (secondary N) is 3. The number of aromatic amines is 2. The van der Waals surface area contributed by atoms with Crippen LogP contribution in [0.4, 0.5) is 5.69 Å². The summed E-state index contributed by atoms with van der Waals surface area (Å²) in [4.78, 5) is 27.1. The minimum atomic E-state index is -4.03. The SMILES string of the molecule is O=C([O-])c1ccccc1NS(=O)(=O)c1ccc2[nH]c(=O)[nH]c2c1. The number of carbonyl (C=O) groups is 1. The first kappa shape index (κ1) is 14.9. The number of fused-ring (bicyclic) bond motifs is 1. The molecule has 9 heteroatoms. The predicted molar refractivity (Wildman–Crippen MR) is 80.5 cm³/mol. The van der Waals surface area contributed by atoms with E-state index < -0.39 is 21.7 Å². The number of sulfonamides is 1. The Balaban J connectivity index is 2.04. The van der Waals surface area contributed by atoms with Gasteiger partial charge in [-0.15, -0.1) is 0 Å². The van der Waals surface area contributed by atoms with E-state index in [0.29, 0.717) is 11.0 Å². The fraction of sp³-hybridized carbons (Fsp3) is 0. The molecule has 1 aromatic heterocycles. The lowest BCUT2D eigenvalue weighted by Gasteiger charge is -2.13. The number of hydrogen-bond acceptors (Lipinski definition) is 5. The Kier molecular flexibility index (Phi) is 3.41. The summed E-state index contributed by atoms with van der Waals surface area (Å²) in [5, 5.41) is 11.0. The number of rotatable bonds is 4. The van der Waals surface area contributed by atoms with Crippen LogP contribution in [0.25, 0.3) is 11.0 Å². The van der Waals surface area contributed by atoms with Crippen molar-refractivity contribution in [3.05, 3.63) is 58.5 Å². The fourth-order valence-electron chi connectivity index (χ4n) is 2.13. The first-order valence-electron chi connectivity index (χ1n) is 6.42. The van der Waals surface area contributed by atoms with E-state index in [-0.39, 0.29) is 16.1 Å². The maximum Gasteiger partial charge on any atom is 0.323 e. The molecule has 0 saturated heterocycles. The molecule has 3 rings (SSSR count). The molecule has 0 aliphatic carbocycles. The molecule has 23 heavy (non-hydrogen) atoms. The third-order valence-electron chi connectivity index (χ3n) is 3.19. The molecule has 118 valence electrons. The molecule has 0 radical (unpaired) electrons. The second-order valence-electron chi connectivity index (χ2n) is 4.73. The van der Waals surface area contributed by atoms with Crippen LogP contribution < -0.4 is 15.5 Å². The minimum absolute atomic E-state index is 0.102. The van der Waals surface area contributed by atoms with Crippen LogP contribution in [0, 0.1) is 0 Å². The van der Waals surface area contributed by atoms with Crippen LogP contribution in [0.15, 0.2) is 52.2 Å². The summed E-state index contributed by atoms with van der Waals surface area (Å²) in [5.41, 5.74) is -0.0395. The van der Waals surface area contributed by atoms with E-state index in [9.17, 15) is 23.1 Å². The van der Waals surface area contributed by atoms with Gasteiger partial charge in [-0.05, 0) is 24.3 Å². The molecule has 8 nitrogen and oxygen atoms in total. The molecule has 0 aliphatic rings. The Bertz CT molecular complexity index is 1070. The van der Waals surface area contributed by atoms with Crippen LogP contribution >= 0.6 is 0 Å². The topological polar surface area (TPSA) is 135 Å². The molecule has 1 heterocycles. The summed E-state index contributed by atoms with van der Waals surface area (Å²) < 4.78 is 27.0. The quantitative estimate of drug-likeness (QED) is 0.619. The van der Waals surface area contributed by atoms with Gasteiger partial charge < -0.3 is 19.9 Å². The Morgan fingerprint density at radius 2 is 1.74 bits per heavy atom. The molecule has 0 aliphatic heterocycles. The number of H-pyrrole nitrogens is 2. The van der Waals surface area contributed by atoms with Gasteiger partial charge in [0.05, 0.1) is 27.6 Å². The van der Waals surface area contributed by atoms with Gasteiger partial charge in [0.1, 0.15) is 0 Å². The molecule has 0 unspecified atom stereocenters. The van der Waals surface area contributed by atoms with Crippen LogP contribution in [0.2, 0.25) is 0 Å². The lowest BCUT2D eigenvalue weighted by molar-refractivity contribution is -0.254. The molecule has 0 bridgehead atoms. The first-order valence-corrected chi connectivity index (χ1v) is 7.90. The molecular formula is C14H10N3O5S-. The molecule has 0 spiro atoms. The van der Waals surface area contributed by atoms with Crippen LogP contribution in [-0.2, 0) is 10.0 Å². The Morgan fingerprint density at radius 1 is 1.04 bits per heavy atom. The van der Waals surface area contributed by atoms with Crippen molar-refractivity contribution < 1.29 is 18.3 Å². The van der Waals surface area contributed by atoms with E-state index >= 15 is 0 Å². The summed E-state index contributed by atoms with van der Waals surface area (Å²) >= 11 is 0. The lowest BCUT2D eigenvalue weighted by atomic mass is 10.2. The van der Waals surface area contributed by atoms with E-state index in [0.717, 1.165) is 0 Å². The maximum absolute atomic E-state index is 12.4. The number of carboxylic acid groups (broad SMARTS) is 1. The van der Waals surface area contributed by atoms with Gasteiger partial charge in [0.15, 0.2) is 0 Å². The van der Waals surface area contributed by atoms with Crippen LogP contribution in [-0.4, -0.2) is 24.4 Å². The zero-order chi connectivity index (χ0) is 16.6. The number of imidazole rings is 1. The number of benzene rings is 2. The number of carbonyl (C=O) groups excluding carboxylic acids is 1.